The van der Waals surface area contributed by atoms with Crippen LogP contribution in [-0.4, -0.2) is 47.4 Å². The molecule has 2 aromatic carbocycles. The summed E-state index contributed by atoms with van der Waals surface area (Å²) in [6, 6.07) is 16.1. The molecular formula is C25H28ClN3O2. The lowest BCUT2D eigenvalue weighted by Gasteiger charge is -2.51. The maximum atomic E-state index is 13.4. The third-order valence-corrected chi connectivity index (χ3v) is 7.34. The lowest BCUT2D eigenvalue weighted by Crippen LogP contribution is -2.61. The Morgan fingerprint density at radius 2 is 1.97 bits per heavy atom. The van der Waals surface area contributed by atoms with Gasteiger partial charge in [-0.15, -0.1) is 0 Å². The highest BCUT2D eigenvalue weighted by molar-refractivity contribution is 6.30. The SMILES string of the molecule is O=C(NCCc1ccccc1)N1CCC[C@H]2C(=O)N3CCc4ccc(Cl)cc4[C@@H]3C[C@H]21. The number of nitrogens with one attached hydrogen (secondary N) is 1. The number of carbonyl (C=O) groups excluding carboxylic acids is 2. The fraction of sp³-hybridized carbons (Fsp3) is 0.440. The van der Waals surface area contributed by atoms with Crippen LogP contribution >= 0.6 is 11.6 Å². The van der Waals surface area contributed by atoms with Crippen LogP contribution in [0.4, 0.5) is 4.79 Å². The van der Waals surface area contributed by atoms with Gasteiger partial charge in [0.2, 0.25) is 5.91 Å². The minimum Gasteiger partial charge on any atom is -0.338 e. The first kappa shape index (κ1) is 20.4. The largest absolute Gasteiger partial charge is 0.338 e. The molecule has 3 atom stereocenters. The fourth-order valence-corrected chi connectivity index (χ4v) is 5.76. The van der Waals surface area contributed by atoms with E-state index < -0.39 is 0 Å². The molecule has 0 spiro atoms. The number of hydrogen-bond donors (Lipinski definition) is 1. The summed E-state index contributed by atoms with van der Waals surface area (Å²) in [6.07, 6.45) is 4.20. The van der Waals surface area contributed by atoms with Gasteiger partial charge in [0, 0.05) is 30.7 Å². The van der Waals surface area contributed by atoms with E-state index in [0.29, 0.717) is 18.1 Å². The highest BCUT2D eigenvalue weighted by Gasteiger charge is 2.48. The molecule has 2 saturated heterocycles. The number of likely N-dealkylation sites (tertiary alicyclic amines) is 1. The van der Waals surface area contributed by atoms with Crippen LogP contribution in [0.25, 0.3) is 0 Å². The van der Waals surface area contributed by atoms with E-state index in [1.807, 2.05) is 40.1 Å². The van der Waals surface area contributed by atoms with E-state index in [0.717, 1.165) is 44.2 Å². The van der Waals surface area contributed by atoms with Crippen LogP contribution in [0.15, 0.2) is 48.5 Å². The minimum absolute atomic E-state index is 0.00826. The number of fused-ring (bicyclic) bond motifs is 4. The van der Waals surface area contributed by atoms with E-state index in [1.165, 1.54) is 11.1 Å². The topological polar surface area (TPSA) is 52.7 Å². The van der Waals surface area contributed by atoms with E-state index in [4.69, 9.17) is 11.6 Å². The molecule has 0 unspecified atom stereocenters. The first-order valence-corrected chi connectivity index (χ1v) is 11.7. The smallest absolute Gasteiger partial charge is 0.317 e. The number of piperidine rings is 2. The first-order valence-electron chi connectivity index (χ1n) is 11.3. The summed E-state index contributed by atoms with van der Waals surface area (Å²) in [5.74, 6) is 0.110. The monoisotopic (exact) mass is 437 g/mol. The van der Waals surface area contributed by atoms with Crippen LogP contribution in [0.1, 0.15) is 42.0 Å². The summed E-state index contributed by atoms with van der Waals surface area (Å²) in [7, 11) is 0. The molecule has 3 aliphatic rings. The van der Waals surface area contributed by atoms with E-state index in [9.17, 15) is 9.59 Å². The van der Waals surface area contributed by atoms with Gasteiger partial charge >= 0.3 is 6.03 Å². The zero-order valence-electron chi connectivity index (χ0n) is 17.6. The van der Waals surface area contributed by atoms with Crippen LogP contribution in [-0.2, 0) is 17.6 Å². The molecule has 3 aliphatic heterocycles. The van der Waals surface area contributed by atoms with Gasteiger partial charge in [0.15, 0.2) is 0 Å². The third-order valence-electron chi connectivity index (χ3n) is 7.10. The van der Waals surface area contributed by atoms with Crippen molar-refractivity contribution in [3.8, 4) is 0 Å². The summed E-state index contributed by atoms with van der Waals surface area (Å²) in [6.45, 7) is 2.06. The van der Waals surface area contributed by atoms with Gasteiger partial charge in [-0.3, -0.25) is 4.79 Å². The van der Waals surface area contributed by atoms with Crippen molar-refractivity contribution < 1.29 is 9.59 Å². The third kappa shape index (κ3) is 3.91. The summed E-state index contributed by atoms with van der Waals surface area (Å²) in [5, 5.41) is 3.79. The Hall–Kier alpha value is -2.53. The van der Waals surface area contributed by atoms with Gasteiger partial charge in [0.25, 0.3) is 0 Å². The van der Waals surface area contributed by atoms with Crippen LogP contribution in [0.3, 0.4) is 0 Å². The highest BCUT2D eigenvalue weighted by Crippen LogP contribution is 2.44. The summed E-state index contributed by atoms with van der Waals surface area (Å²) < 4.78 is 0. The van der Waals surface area contributed by atoms with Crippen LogP contribution in [0.5, 0.6) is 0 Å². The number of hydrogen-bond acceptors (Lipinski definition) is 2. The lowest BCUT2D eigenvalue weighted by atomic mass is 9.76. The second-order valence-corrected chi connectivity index (χ2v) is 9.29. The molecule has 5 rings (SSSR count). The number of carbonyl (C=O) groups is 2. The van der Waals surface area contributed by atoms with Gasteiger partial charge in [0.05, 0.1) is 12.0 Å². The molecule has 162 valence electrons. The number of amides is 3. The van der Waals surface area contributed by atoms with E-state index in [1.54, 1.807) is 0 Å². The van der Waals surface area contributed by atoms with Crippen molar-refractivity contribution in [1.29, 1.82) is 0 Å². The van der Waals surface area contributed by atoms with Crippen LogP contribution < -0.4 is 5.32 Å². The maximum absolute atomic E-state index is 13.4. The normalized spacial score (nSPS) is 24.8. The number of benzene rings is 2. The molecular weight excluding hydrogens is 410 g/mol. The predicted octanol–water partition coefficient (Wildman–Crippen LogP) is 4.20. The molecule has 0 saturated carbocycles. The van der Waals surface area contributed by atoms with Crippen LogP contribution in [0.2, 0.25) is 5.02 Å². The van der Waals surface area contributed by atoms with Crippen molar-refractivity contribution >= 4 is 23.5 Å². The van der Waals surface area contributed by atoms with Crippen molar-refractivity contribution in [2.24, 2.45) is 5.92 Å². The summed E-state index contributed by atoms with van der Waals surface area (Å²) in [4.78, 5) is 30.4. The van der Waals surface area contributed by atoms with E-state index in [2.05, 4.69) is 23.5 Å². The standard InChI is InChI=1S/C25H28ClN3O2/c26-19-9-8-18-11-14-28-23(21(18)15-19)16-22-20(24(28)30)7-4-13-29(22)25(31)27-12-10-17-5-2-1-3-6-17/h1-3,5-6,8-9,15,20,22-23H,4,7,10-14,16H2,(H,27,31)/t20-,22-,23+/m1/s1. The summed E-state index contributed by atoms with van der Waals surface area (Å²) >= 11 is 6.29. The van der Waals surface area contributed by atoms with Crippen molar-refractivity contribution in [1.82, 2.24) is 15.1 Å². The number of urea groups is 1. The van der Waals surface area contributed by atoms with Crippen molar-refractivity contribution in [3.05, 3.63) is 70.2 Å². The van der Waals surface area contributed by atoms with Gasteiger partial charge in [-0.05, 0) is 60.9 Å². The Kier molecular flexibility index (Phi) is 5.61. The molecule has 0 aromatic heterocycles. The van der Waals surface area contributed by atoms with Crippen molar-refractivity contribution in [3.63, 3.8) is 0 Å². The highest BCUT2D eigenvalue weighted by atomic mass is 35.5. The van der Waals surface area contributed by atoms with E-state index in [-0.39, 0.29) is 29.9 Å². The number of nitrogens with zero attached hydrogens (tertiary/aromatic N) is 2. The van der Waals surface area contributed by atoms with Gasteiger partial charge in [-0.2, -0.15) is 0 Å². The van der Waals surface area contributed by atoms with Crippen molar-refractivity contribution in [2.75, 3.05) is 19.6 Å². The molecule has 0 bridgehead atoms. The second kappa shape index (κ2) is 8.54. The van der Waals surface area contributed by atoms with Crippen LogP contribution in [0, 0.1) is 5.92 Å². The van der Waals surface area contributed by atoms with E-state index >= 15 is 0 Å². The Morgan fingerprint density at radius 3 is 2.81 bits per heavy atom. The lowest BCUT2D eigenvalue weighted by molar-refractivity contribution is -0.148. The molecule has 3 amide bonds. The first-order chi connectivity index (χ1) is 15.1. The average molecular weight is 438 g/mol. The molecule has 6 heteroatoms. The Morgan fingerprint density at radius 1 is 1.13 bits per heavy atom. The Bertz CT molecular complexity index is 980. The number of rotatable bonds is 3. The number of halogens is 1. The second-order valence-electron chi connectivity index (χ2n) is 8.85. The summed E-state index contributed by atoms with van der Waals surface area (Å²) in [5.41, 5.74) is 3.63. The molecule has 0 aliphatic carbocycles. The molecule has 1 N–H and O–H groups in total. The van der Waals surface area contributed by atoms with Gasteiger partial charge in [-0.25, -0.2) is 4.79 Å². The quantitative estimate of drug-likeness (QED) is 0.782. The average Bonchev–Trinajstić information content (AvgIpc) is 2.79. The zero-order chi connectivity index (χ0) is 21.4. The Balaban J connectivity index is 1.32. The molecule has 3 heterocycles. The van der Waals surface area contributed by atoms with Gasteiger partial charge in [0.1, 0.15) is 0 Å². The molecule has 5 nitrogen and oxygen atoms in total. The predicted molar refractivity (Wildman–Crippen MR) is 121 cm³/mol. The van der Waals surface area contributed by atoms with Gasteiger partial charge < -0.3 is 15.1 Å². The van der Waals surface area contributed by atoms with Crippen molar-refractivity contribution in [2.45, 2.75) is 44.2 Å². The molecule has 31 heavy (non-hydrogen) atoms. The molecule has 0 radical (unpaired) electrons. The molecule has 2 fully saturated rings. The maximum Gasteiger partial charge on any atom is 0.317 e. The zero-order valence-corrected chi connectivity index (χ0v) is 18.4. The minimum atomic E-state index is -0.0920. The molecule has 2 aromatic rings. The van der Waals surface area contributed by atoms with Gasteiger partial charge in [-0.1, -0.05) is 48.0 Å². The fourth-order valence-electron chi connectivity index (χ4n) is 5.58. The Labute approximate surface area is 188 Å².